The van der Waals surface area contributed by atoms with Gasteiger partial charge in [0.25, 0.3) is 0 Å². The maximum Gasteiger partial charge on any atom is 0.304 e. The second-order valence-corrected chi connectivity index (χ2v) is 6.90. The molecule has 126 valence electrons. The lowest BCUT2D eigenvalue weighted by atomic mass is 9.71. The lowest BCUT2D eigenvalue weighted by Gasteiger charge is -2.34. The van der Waals surface area contributed by atoms with Gasteiger partial charge >= 0.3 is 5.97 Å². The molecular formula is C21H30O2. The Labute approximate surface area is 140 Å². The highest BCUT2D eigenvalue weighted by Crippen LogP contribution is 2.41. The van der Waals surface area contributed by atoms with Crippen molar-refractivity contribution in [3.05, 3.63) is 48.0 Å². The molecule has 0 spiro atoms. The first-order valence-corrected chi connectivity index (χ1v) is 9.08. The van der Waals surface area contributed by atoms with Crippen molar-refractivity contribution in [2.45, 2.75) is 64.2 Å². The van der Waals surface area contributed by atoms with Crippen LogP contribution in [0.1, 0.15) is 69.8 Å². The van der Waals surface area contributed by atoms with Crippen LogP contribution in [0, 0.1) is 11.8 Å². The Hall–Kier alpha value is -1.57. The predicted molar refractivity (Wildman–Crippen MR) is 95.5 cm³/mol. The average Bonchev–Trinajstić information content (AvgIpc) is 2.53. The van der Waals surface area contributed by atoms with Crippen LogP contribution in [-0.4, -0.2) is 11.1 Å². The van der Waals surface area contributed by atoms with E-state index in [1.807, 2.05) is 30.3 Å². The fourth-order valence-electron chi connectivity index (χ4n) is 4.12. The van der Waals surface area contributed by atoms with E-state index < -0.39 is 5.97 Å². The molecule has 23 heavy (non-hydrogen) atoms. The third-order valence-electron chi connectivity index (χ3n) is 5.44. The second-order valence-electron chi connectivity index (χ2n) is 6.90. The minimum absolute atomic E-state index is 0.0628. The van der Waals surface area contributed by atoms with Gasteiger partial charge in [-0.3, -0.25) is 4.79 Å². The van der Waals surface area contributed by atoms with E-state index in [0.29, 0.717) is 11.8 Å². The van der Waals surface area contributed by atoms with Crippen LogP contribution in [0.5, 0.6) is 0 Å². The molecule has 1 aromatic carbocycles. The third kappa shape index (κ3) is 4.95. The van der Waals surface area contributed by atoms with Gasteiger partial charge in [0.1, 0.15) is 0 Å². The highest BCUT2D eigenvalue weighted by Gasteiger charge is 2.29. The Bertz CT molecular complexity index is 506. The molecule has 0 radical (unpaired) electrons. The number of carbonyl (C=O) groups is 1. The van der Waals surface area contributed by atoms with Crippen LogP contribution in [0.4, 0.5) is 0 Å². The zero-order chi connectivity index (χ0) is 16.7. The molecule has 0 heterocycles. The molecule has 2 rings (SSSR count). The van der Waals surface area contributed by atoms with Crippen molar-refractivity contribution in [3.8, 4) is 0 Å². The Morgan fingerprint density at radius 2 is 1.83 bits per heavy atom. The Kier molecular flexibility index (Phi) is 6.88. The fraction of sp³-hybridized carbons (Fsp3) is 0.571. The van der Waals surface area contributed by atoms with E-state index in [1.165, 1.54) is 38.5 Å². The number of hydrogen-bond donors (Lipinski definition) is 1. The summed E-state index contributed by atoms with van der Waals surface area (Å²) in [6, 6.07) is 10.1. The minimum Gasteiger partial charge on any atom is -0.481 e. The Morgan fingerprint density at radius 1 is 1.17 bits per heavy atom. The van der Waals surface area contributed by atoms with Gasteiger partial charge in [-0.1, -0.05) is 81.5 Å². The highest BCUT2D eigenvalue weighted by atomic mass is 16.4. The first kappa shape index (κ1) is 17.8. The van der Waals surface area contributed by atoms with Gasteiger partial charge in [-0.15, -0.1) is 0 Å². The number of benzene rings is 1. The molecule has 0 bridgehead atoms. The summed E-state index contributed by atoms with van der Waals surface area (Å²) < 4.78 is 0. The van der Waals surface area contributed by atoms with Gasteiger partial charge in [-0.25, -0.2) is 0 Å². The molecule has 2 nitrogen and oxygen atoms in total. The normalized spacial score (nSPS) is 23.5. The van der Waals surface area contributed by atoms with E-state index in [2.05, 4.69) is 13.5 Å². The number of allylic oxidation sites excluding steroid dienone is 1. The smallest absolute Gasteiger partial charge is 0.304 e. The van der Waals surface area contributed by atoms with E-state index in [0.717, 1.165) is 17.6 Å². The van der Waals surface area contributed by atoms with Crippen LogP contribution in [0.2, 0.25) is 0 Å². The number of rotatable bonds is 6. The molecule has 3 atom stereocenters. The number of carboxylic acid groups (broad SMARTS) is 1. The first-order chi connectivity index (χ1) is 11.1. The summed E-state index contributed by atoms with van der Waals surface area (Å²) in [4.78, 5) is 11.4. The second kappa shape index (κ2) is 8.90. The lowest BCUT2D eigenvalue weighted by Crippen LogP contribution is -2.23. The highest BCUT2D eigenvalue weighted by molar-refractivity contribution is 5.69. The average molecular weight is 314 g/mol. The first-order valence-electron chi connectivity index (χ1n) is 9.08. The summed E-state index contributed by atoms with van der Waals surface area (Å²) in [6.45, 7) is 6.68. The van der Waals surface area contributed by atoms with Gasteiger partial charge in [0.15, 0.2) is 0 Å². The summed E-state index contributed by atoms with van der Waals surface area (Å²) in [5.41, 5.74) is 2.24. The van der Waals surface area contributed by atoms with Crippen LogP contribution in [-0.2, 0) is 4.79 Å². The van der Waals surface area contributed by atoms with Gasteiger partial charge in [0.05, 0.1) is 6.42 Å². The van der Waals surface area contributed by atoms with Gasteiger partial charge in [0, 0.05) is 5.92 Å². The zero-order valence-corrected chi connectivity index (χ0v) is 14.3. The maximum atomic E-state index is 11.4. The van der Waals surface area contributed by atoms with Crippen molar-refractivity contribution in [2.75, 3.05) is 0 Å². The van der Waals surface area contributed by atoms with Crippen LogP contribution < -0.4 is 0 Å². The van der Waals surface area contributed by atoms with Crippen molar-refractivity contribution in [1.29, 1.82) is 0 Å². The molecule has 1 aliphatic carbocycles. The number of aliphatic carboxylic acids is 1. The van der Waals surface area contributed by atoms with E-state index >= 15 is 0 Å². The number of hydrogen-bond acceptors (Lipinski definition) is 1. The van der Waals surface area contributed by atoms with Gasteiger partial charge in [-0.2, -0.15) is 0 Å². The SMILES string of the molecule is C=C([C@@H](CC(=O)O)c1ccccc1)[C@H]1CCCCCC[C@H]1CC. The molecule has 0 saturated heterocycles. The van der Waals surface area contributed by atoms with E-state index in [1.54, 1.807) is 0 Å². The number of carboxylic acids is 1. The molecule has 1 saturated carbocycles. The fourth-order valence-corrected chi connectivity index (χ4v) is 4.12. The van der Waals surface area contributed by atoms with Gasteiger partial charge in [0.2, 0.25) is 0 Å². The predicted octanol–water partition coefficient (Wildman–Crippen LogP) is 5.80. The Morgan fingerprint density at radius 3 is 2.43 bits per heavy atom. The summed E-state index contributed by atoms with van der Waals surface area (Å²) in [6.07, 6.45) is 8.93. The van der Waals surface area contributed by atoms with E-state index in [9.17, 15) is 9.90 Å². The molecular weight excluding hydrogens is 284 g/mol. The molecule has 0 unspecified atom stereocenters. The Balaban J connectivity index is 2.24. The minimum atomic E-state index is -0.737. The van der Waals surface area contributed by atoms with Crippen LogP contribution >= 0.6 is 0 Å². The van der Waals surface area contributed by atoms with Crippen LogP contribution in [0.3, 0.4) is 0 Å². The molecule has 1 aliphatic rings. The van der Waals surface area contributed by atoms with Crippen molar-refractivity contribution in [2.24, 2.45) is 11.8 Å². The van der Waals surface area contributed by atoms with E-state index in [4.69, 9.17) is 0 Å². The molecule has 2 heteroatoms. The van der Waals surface area contributed by atoms with E-state index in [-0.39, 0.29) is 12.3 Å². The molecule has 0 amide bonds. The van der Waals surface area contributed by atoms with Crippen molar-refractivity contribution in [1.82, 2.24) is 0 Å². The largest absolute Gasteiger partial charge is 0.481 e. The summed E-state index contributed by atoms with van der Waals surface area (Å²) in [5.74, 6) is 0.318. The topological polar surface area (TPSA) is 37.3 Å². The monoisotopic (exact) mass is 314 g/mol. The lowest BCUT2D eigenvalue weighted by molar-refractivity contribution is -0.137. The van der Waals surface area contributed by atoms with Crippen molar-refractivity contribution in [3.63, 3.8) is 0 Å². The molecule has 1 N–H and O–H groups in total. The molecule has 1 fully saturated rings. The summed E-state index contributed by atoms with van der Waals surface area (Å²) in [5, 5.41) is 9.38. The maximum absolute atomic E-state index is 11.4. The van der Waals surface area contributed by atoms with Crippen LogP contribution in [0.15, 0.2) is 42.5 Å². The molecule has 0 aliphatic heterocycles. The zero-order valence-electron chi connectivity index (χ0n) is 14.3. The van der Waals surface area contributed by atoms with Gasteiger partial charge < -0.3 is 5.11 Å². The third-order valence-corrected chi connectivity index (χ3v) is 5.44. The molecule has 0 aromatic heterocycles. The summed E-state index contributed by atoms with van der Waals surface area (Å²) in [7, 11) is 0. The quantitative estimate of drug-likeness (QED) is 0.674. The van der Waals surface area contributed by atoms with Gasteiger partial charge in [-0.05, 0) is 30.2 Å². The standard InChI is InChI=1S/C21H30O2/c1-3-17-11-7-4-5-10-14-19(17)16(2)20(15-21(22)23)18-12-8-6-9-13-18/h6,8-9,12-13,17,19-20H,2-5,7,10-11,14-15H2,1H3,(H,22,23)/t17-,19-,20-/m1/s1. The summed E-state index contributed by atoms with van der Waals surface area (Å²) >= 11 is 0. The van der Waals surface area contributed by atoms with Crippen LogP contribution in [0.25, 0.3) is 0 Å². The van der Waals surface area contributed by atoms with Crippen molar-refractivity contribution < 1.29 is 9.90 Å². The van der Waals surface area contributed by atoms with Crippen molar-refractivity contribution >= 4 is 5.97 Å². The molecule has 1 aromatic rings.